The average Bonchev–Trinajstić information content (AvgIpc) is 3.36. The van der Waals surface area contributed by atoms with Crippen molar-refractivity contribution < 1.29 is 26.4 Å². The van der Waals surface area contributed by atoms with Crippen molar-refractivity contribution >= 4 is 49.1 Å². The third-order valence-corrected chi connectivity index (χ3v) is 13.2. The number of fused-ring (bicyclic) bond motifs is 3. The maximum absolute atomic E-state index is 14.5. The zero-order chi connectivity index (χ0) is 30.6. The highest BCUT2D eigenvalue weighted by atomic mass is 35.5. The molecule has 2 fully saturated rings. The second-order valence-corrected chi connectivity index (χ2v) is 16.2. The summed E-state index contributed by atoms with van der Waals surface area (Å²) < 4.78 is 58.6. The summed E-state index contributed by atoms with van der Waals surface area (Å²) >= 11 is 12.6. The molecule has 2 atom stereocenters. The Hall–Kier alpha value is -2.83. The highest BCUT2D eigenvalue weighted by Crippen LogP contribution is 2.53. The van der Waals surface area contributed by atoms with Crippen molar-refractivity contribution in [3.63, 3.8) is 0 Å². The Morgan fingerprint density at radius 2 is 1.70 bits per heavy atom. The first-order chi connectivity index (χ1) is 20.4. The molecule has 3 aromatic carbocycles. The average molecular weight is 665 g/mol. The molecular formula is C30H31Cl2N3O6S2. The van der Waals surface area contributed by atoms with Gasteiger partial charge in [0.15, 0.2) is 9.84 Å². The third kappa shape index (κ3) is 5.29. The first-order valence-electron chi connectivity index (χ1n) is 13.9. The number of aryl methyl sites for hydroxylation is 1. The summed E-state index contributed by atoms with van der Waals surface area (Å²) in [5.41, 5.74) is 2.18. The second-order valence-electron chi connectivity index (χ2n) is 11.2. The standard InChI is InChI=1S/C30H31Cl2N3O6S2/c1-42(37,38)34-17-21(18-34)33-29(36)35-15-14-30(43(39,40)23-6-3-2-4-7-23)25-12-11-22(16-20(25)10-13-28(30)35)41-19-24-26(31)8-5-9-27(24)32/h2-9,11-12,16,21,28H,10,13-15,17-19H2,1H3,(H,33,36)/t28-,30-/m1/s1. The van der Waals surface area contributed by atoms with E-state index in [2.05, 4.69) is 5.32 Å². The molecule has 0 unspecified atom stereocenters. The van der Waals surface area contributed by atoms with Gasteiger partial charge in [0.25, 0.3) is 0 Å². The number of likely N-dealkylation sites (tertiary alicyclic amines) is 1. The number of sulfonamides is 1. The lowest BCUT2D eigenvalue weighted by Crippen LogP contribution is -2.63. The Bertz CT molecular complexity index is 1760. The van der Waals surface area contributed by atoms with Crippen LogP contribution < -0.4 is 10.1 Å². The van der Waals surface area contributed by atoms with Crippen molar-refractivity contribution in [2.24, 2.45) is 0 Å². The van der Waals surface area contributed by atoms with Crippen LogP contribution >= 0.6 is 23.2 Å². The van der Waals surface area contributed by atoms with Crippen LogP contribution in [-0.4, -0.2) is 70.0 Å². The maximum Gasteiger partial charge on any atom is 0.318 e. The number of urea groups is 1. The van der Waals surface area contributed by atoms with Crippen molar-refractivity contribution in [1.82, 2.24) is 14.5 Å². The molecule has 0 aromatic heterocycles. The Kier molecular flexibility index (Phi) is 7.91. The van der Waals surface area contributed by atoms with Gasteiger partial charge in [0.05, 0.1) is 23.2 Å². The summed E-state index contributed by atoms with van der Waals surface area (Å²) in [5, 5.41) is 3.91. The van der Waals surface area contributed by atoms with E-state index in [9.17, 15) is 21.6 Å². The number of sulfone groups is 1. The SMILES string of the molecule is CS(=O)(=O)N1CC(NC(=O)N2CC[C@@]3(S(=O)(=O)c4ccccc4)c4ccc(OCc5c(Cl)cccc5Cl)cc4CC[C@@H]23)C1. The van der Waals surface area contributed by atoms with Gasteiger partial charge in [-0.25, -0.2) is 21.6 Å². The molecule has 0 spiro atoms. The Balaban J connectivity index is 1.31. The van der Waals surface area contributed by atoms with Gasteiger partial charge >= 0.3 is 6.03 Å². The molecule has 1 N–H and O–H groups in total. The van der Waals surface area contributed by atoms with E-state index in [1.54, 1.807) is 59.5 Å². The van der Waals surface area contributed by atoms with E-state index in [1.165, 1.54) is 4.31 Å². The van der Waals surface area contributed by atoms with Crippen LogP contribution in [0.5, 0.6) is 5.75 Å². The molecule has 43 heavy (non-hydrogen) atoms. The molecule has 2 saturated heterocycles. The number of benzene rings is 3. The van der Waals surface area contributed by atoms with E-state index < -0.39 is 30.6 Å². The van der Waals surface area contributed by atoms with Crippen molar-refractivity contribution in [2.75, 3.05) is 25.9 Å². The number of hydrogen-bond donors (Lipinski definition) is 1. The summed E-state index contributed by atoms with van der Waals surface area (Å²) in [6.07, 6.45) is 2.35. The summed E-state index contributed by atoms with van der Waals surface area (Å²) in [7, 11) is -7.28. The highest BCUT2D eigenvalue weighted by Gasteiger charge is 2.61. The van der Waals surface area contributed by atoms with Gasteiger partial charge in [-0.2, -0.15) is 4.31 Å². The molecule has 3 aromatic rings. The highest BCUT2D eigenvalue weighted by molar-refractivity contribution is 7.92. The topological polar surface area (TPSA) is 113 Å². The first-order valence-corrected chi connectivity index (χ1v) is 18.0. The number of halogens is 2. The van der Waals surface area contributed by atoms with Crippen LogP contribution in [0.15, 0.2) is 71.6 Å². The summed E-state index contributed by atoms with van der Waals surface area (Å²) in [6, 6.07) is 17.7. The number of nitrogens with one attached hydrogen (secondary N) is 1. The van der Waals surface area contributed by atoms with Crippen LogP contribution in [-0.2, 0) is 37.6 Å². The lowest BCUT2D eigenvalue weighted by Gasteiger charge is -2.43. The number of carbonyl (C=O) groups is 1. The van der Waals surface area contributed by atoms with E-state index >= 15 is 0 Å². The van der Waals surface area contributed by atoms with E-state index in [-0.39, 0.29) is 49.6 Å². The molecule has 9 nitrogen and oxygen atoms in total. The van der Waals surface area contributed by atoms with Crippen LogP contribution in [0, 0.1) is 0 Å². The minimum Gasteiger partial charge on any atom is -0.489 e. The van der Waals surface area contributed by atoms with Gasteiger partial charge < -0.3 is 15.0 Å². The number of carbonyl (C=O) groups excluding carboxylic acids is 1. The zero-order valence-electron chi connectivity index (χ0n) is 23.4. The van der Waals surface area contributed by atoms with Crippen molar-refractivity contribution in [3.8, 4) is 5.75 Å². The van der Waals surface area contributed by atoms with Gasteiger partial charge in [-0.15, -0.1) is 0 Å². The van der Waals surface area contributed by atoms with E-state index in [4.69, 9.17) is 27.9 Å². The van der Waals surface area contributed by atoms with Gasteiger partial charge in [0, 0.05) is 35.2 Å². The Labute approximate surface area is 261 Å². The molecule has 13 heteroatoms. The normalized spacial score (nSPS) is 22.4. The molecule has 0 bridgehead atoms. The van der Waals surface area contributed by atoms with E-state index in [1.807, 2.05) is 12.1 Å². The molecule has 6 rings (SSSR count). The lowest BCUT2D eigenvalue weighted by atomic mass is 9.78. The van der Waals surface area contributed by atoms with Gasteiger partial charge in [-0.1, -0.05) is 53.5 Å². The molecule has 2 heterocycles. The Morgan fingerprint density at radius 1 is 1.00 bits per heavy atom. The summed E-state index contributed by atoms with van der Waals surface area (Å²) in [4.78, 5) is 15.3. The Morgan fingerprint density at radius 3 is 2.37 bits per heavy atom. The number of ether oxygens (including phenoxy) is 1. The number of nitrogens with zero attached hydrogens (tertiary/aromatic N) is 2. The number of rotatable bonds is 7. The largest absolute Gasteiger partial charge is 0.489 e. The van der Waals surface area contributed by atoms with E-state index in [0.717, 1.165) is 11.8 Å². The van der Waals surface area contributed by atoms with Gasteiger partial charge in [-0.3, -0.25) is 0 Å². The number of hydrogen-bond acceptors (Lipinski definition) is 6. The fraction of sp³-hybridized carbons (Fsp3) is 0.367. The van der Waals surface area contributed by atoms with Crippen molar-refractivity contribution in [1.29, 1.82) is 0 Å². The summed E-state index contributed by atoms with van der Waals surface area (Å²) in [6.45, 7) is 0.788. The van der Waals surface area contributed by atoms with Crippen molar-refractivity contribution in [3.05, 3.63) is 93.5 Å². The zero-order valence-corrected chi connectivity index (χ0v) is 26.5. The predicted molar refractivity (Wildman–Crippen MR) is 165 cm³/mol. The van der Waals surface area contributed by atoms with E-state index in [0.29, 0.717) is 39.8 Å². The van der Waals surface area contributed by atoms with Gasteiger partial charge in [0.2, 0.25) is 10.0 Å². The fourth-order valence-corrected chi connectivity index (χ4v) is 10.3. The van der Waals surface area contributed by atoms with Crippen LogP contribution in [0.2, 0.25) is 10.0 Å². The quantitative estimate of drug-likeness (QED) is 0.395. The number of amides is 2. The minimum absolute atomic E-state index is 0.152. The smallest absolute Gasteiger partial charge is 0.318 e. The van der Waals surface area contributed by atoms with Crippen LogP contribution in [0.1, 0.15) is 29.5 Å². The molecule has 0 saturated carbocycles. The van der Waals surface area contributed by atoms with Crippen LogP contribution in [0.25, 0.3) is 0 Å². The molecular weight excluding hydrogens is 633 g/mol. The molecule has 0 radical (unpaired) electrons. The molecule has 2 amide bonds. The lowest BCUT2D eigenvalue weighted by molar-refractivity contribution is 0.161. The first kappa shape index (κ1) is 30.2. The van der Waals surface area contributed by atoms with Crippen molar-refractivity contribution in [2.45, 2.75) is 47.6 Å². The maximum atomic E-state index is 14.5. The minimum atomic E-state index is -3.95. The third-order valence-electron chi connectivity index (χ3n) is 8.74. The fourth-order valence-electron chi connectivity index (χ4n) is 6.53. The second kappa shape index (κ2) is 11.3. The molecule has 2 aliphatic heterocycles. The predicted octanol–water partition coefficient (Wildman–Crippen LogP) is 4.62. The van der Waals surface area contributed by atoms with Crippen LogP contribution in [0.3, 0.4) is 0 Å². The monoisotopic (exact) mass is 663 g/mol. The molecule has 1 aliphatic carbocycles. The summed E-state index contributed by atoms with van der Waals surface area (Å²) in [5.74, 6) is 0.563. The van der Waals surface area contributed by atoms with Gasteiger partial charge in [-0.05, 0) is 66.8 Å². The molecule has 228 valence electrons. The van der Waals surface area contributed by atoms with Crippen LogP contribution in [0.4, 0.5) is 4.79 Å². The molecule has 3 aliphatic rings. The van der Waals surface area contributed by atoms with Gasteiger partial charge in [0.1, 0.15) is 17.1 Å².